The maximum atomic E-state index is 13.9. The third-order valence-electron chi connectivity index (χ3n) is 6.04. The van der Waals surface area contributed by atoms with Crippen molar-refractivity contribution in [1.82, 2.24) is 14.1 Å². The molecular formula is C20H30FN3O3S. The van der Waals surface area contributed by atoms with Gasteiger partial charge in [0.05, 0.1) is 6.54 Å². The molecule has 0 bridgehead atoms. The number of nitrogens with zero attached hydrogens (tertiary/aromatic N) is 3. The summed E-state index contributed by atoms with van der Waals surface area (Å²) in [5.41, 5.74) is 0. The minimum atomic E-state index is -3.88. The van der Waals surface area contributed by atoms with Gasteiger partial charge in [0.1, 0.15) is 10.7 Å². The maximum absolute atomic E-state index is 13.9. The Morgan fingerprint density at radius 2 is 1.71 bits per heavy atom. The van der Waals surface area contributed by atoms with Crippen LogP contribution in [0.5, 0.6) is 0 Å². The van der Waals surface area contributed by atoms with Crippen molar-refractivity contribution in [3.8, 4) is 0 Å². The van der Waals surface area contributed by atoms with Crippen LogP contribution in [0.3, 0.4) is 0 Å². The normalized spacial score (nSPS) is 24.5. The first kappa shape index (κ1) is 21.2. The molecule has 2 fully saturated rings. The molecule has 1 aromatic carbocycles. The van der Waals surface area contributed by atoms with Crippen molar-refractivity contribution in [3.05, 3.63) is 30.1 Å². The van der Waals surface area contributed by atoms with Gasteiger partial charge in [0.25, 0.3) is 0 Å². The zero-order valence-corrected chi connectivity index (χ0v) is 17.5. The van der Waals surface area contributed by atoms with E-state index in [-0.39, 0.29) is 23.9 Å². The van der Waals surface area contributed by atoms with E-state index in [1.54, 1.807) is 4.90 Å². The van der Waals surface area contributed by atoms with Gasteiger partial charge >= 0.3 is 0 Å². The molecular weight excluding hydrogens is 381 g/mol. The monoisotopic (exact) mass is 411 g/mol. The van der Waals surface area contributed by atoms with E-state index < -0.39 is 15.8 Å². The Labute approximate surface area is 167 Å². The molecule has 0 N–H and O–H groups in total. The molecule has 1 heterocycles. The summed E-state index contributed by atoms with van der Waals surface area (Å²) in [6, 6.07) is 5.85. The number of likely N-dealkylation sites (N-methyl/N-ethyl adjacent to an activating group) is 1. The first-order valence-corrected chi connectivity index (χ1v) is 11.5. The second-order valence-corrected chi connectivity index (χ2v) is 9.95. The predicted molar refractivity (Wildman–Crippen MR) is 106 cm³/mol. The van der Waals surface area contributed by atoms with Crippen LogP contribution in [0.2, 0.25) is 0 Å². The van der Waals surface area contributed by atoms with Crippen LogP contribution < -0.4 is 0 Å². The van der Waals surface area contributed by atoms with Gasteiger partial charge in [-0.05, 0) is 50.8 Å². The van der Waals surface area contributed by atoms with Crippen molar-refractivity contribution < 1.29 is 17.6 Å². The summed E-state index contributed by atoms with van der Waals surface area (Å²) >= 11 is 0. The Bertz CT molecular complexity index is 786. The lowest BCUT2D eigenvalue weighted by molar-refractivity contribution is -0.134. The summed E-state index contributed by atoms with van der Waals surface area (Å²) in [4.78, 5) is 16.2. The average molecular weight is 412 g/mol. The van der Waals surface area contributed by atoms with Gasteiger partial charge in [0.15, 0.2) is 0 Å². The summed E-state index contributed by atoms with van der Waals surface area (Å²) in [6.07, 6.45) is 4.66. The highest BCUT2D eigenvalue weighted by molar-refractivity contribution is 7.89. The number of sulfonamides is 1. The molecule has 0 atom stereocenters. The Kier molecular flexibility index (Phi) is 6.73. The fourth-order valence-corrected chi connectivity index (χ4v) is 5.58. The fourth-order valence-electron chi connectivity index (χ4n) is 4.10. The molecule has 0 aromatic heterocycles. The van der Waals surface area contributed by atoms with Crippen molar-refractivity contribution in [3.63, 3.8) is 0 Å². The highest BCUT2D eigenvalue weighted by Crippen LogP contribution is 2.26. The molecule has 1 aliphatic carbocycles. The summed E-state index contributed by atoms with van der Waals surface area (Å²) in [5.74, 6) is 0.0540. The van der Waals surface area contributed by atoms with Crippen LogP contribution in [0.15, 0.2) is 29.2 Å². The summed E-state index contributed by atoms with van der Waals surface area (Å²) < 4.78 is 40.5. The van der Waals surface area contributed by atoms with Crippen molar-refractivity contribution in [1.29, 1.82) is 0 Å². The highest BCUT2D eigenvalue weighted by atomic mass is 32.2. The number of halogens is 1. The van der Waals surface area contributed by atoms with E-state index in [0.29, 0.717) is 25.7 Å². The quantitative estimate of drug-likeness (QED) is 0.745. The molecule has 0 unspecified atom stereocenters. The van der Waals surface area contributed by atoms with Crippen molar-refractivity contribution >= 4 is 15.9 Å². The zero-order chi connectivity index (χ0) is 20.3. The Hall–Kier alpha value is -1.51. The van der Waals surface area contributed by atoms with Crippen LogP contribution in [0.1, 0.15) is 32.6 Å². The molecule has 1 amide bonds. The Balaban J connectivity index is 1.53. The molecule has 3 rings (SSSR count). The first-order chi connectivity index (χ1) is 13.3. The summed E-state index contributed by atoms with van der Waals surface area (Å²) in [7, 11) is -1.88. The van der Waals surface area contributed by atoms with Gasteiger partial charge in [-0.1, -0.05) is 19.1 Å². The summed E-state index contributed by atoms with van der Waals surface area (Å²) in [6.45, 7) is 3.68. The molecule has 2 aliphatic rings. The molecule has 1 saturated carbocycles. The van der Waals surface area contributed by atoms with Gasteiger partial charge in [-0.25, -0.2) is 12.8 Å². The zero-order valence-electron chi connectivity index (χ0n) is 16.7. The lowest BCUT2D eigenvalue weighted by Gasteiger charge is -2.37. The van der Waals surface area contributed by atoms with Gasteiger partial charge in [0.2, 0.25) is 15.9 Å². The van der Waals surface area contributed by atoms with Gasteiger partial charge in [-0.3, -0.25) is 9.69 Å². The first-order valence-electron chi connectivity index (χ1n) is 10.0. The van der Waals surface area contributed by atoms with Crippen LogP contribution in [0.25, 0.3) is 0 Å². The van der Waals surface area contributed by atoms with Crippen LogP contribution in [-0.4, -0.2) is 74.2 Å². The Morgan fingerprint density at radius 1 is 1.11 bits per heavy atom. The largest absolute Gasteiger partial charge is 0.339 e. The van der Waals surface area contributed by atoms with E-state index >= 15 is 0 Å². The standard InChI is InChI=1S/C20H30FN3O3S/c1-16-7-9-17(10-8-16)22(2)15-20(25)23-11-13-24(14-12-23)28(26,27)19-6-4-3-5-18(19)21/h3-6,16-17H,7-15H2,1-2H3. The lowest BCUT2D eigenvalue weighted by atomic mass is 9.87. The number of amides is 1. The van der Waals surface area contributed by atoms with E-state index in [1.165, 1.54) is 35.3 Å². The van der Waals surface area contributed by atoms with Gasteiger partial charge in [0, 0.05) is 32.2 Å². The average Bonchev–Trinajstić information content (AvgIpc) is 2.68. The maximum Gasteiger partial charge on any atom is 0.246 e. The van der Waals surface area contributed by atoms with Crippen LogP contribution >= 0.6 is 0 Å². The number of rotatable bonds is 5. The van der Waals surface area contributed by atoms with Gasteiger partial charge < -0.3 is 4.90 Å². The second kappa shape index (κ2) is 8.88. The van der Waals surface area contributed by atoms with Crippen LogP contribution in [0, 0.1) is 11.7 Å². The number of hydrogen-bond donors (Lipinski definition) is 0. The molecule has 8 heteroatoms. The van der Waals surface area contributed by atoms with E-state index in [1.807, 2.05) is 7.05 Å². The minimum Gasteiger partial charge on any atom is -0.339 e. The van der Waals surface area contributed by atoms with E-state index in [2.05, 4.69) is 11.8 Å². The van der Waals surface area contributed by atoms with Crippen molar-refractivity contribution in [2.45, 2.75) is 43.5 Å². The molecule has 0 spiro atoms. The smallest absolute Gasteiger partial charge is 0.246 e. The third-order valence-corrected chi connectivity index (χ3v) is 7.97. The van der Waals surface area contributed by atoms with Gasteiger partial charge in [-0.2, -0.15) is 4.31 Å². The SMILES string of the molecule is CC1CCC(N(C)CC(=O)N2CCN(S(=O)(=O)c3ccccc3F)CC2)CC1. The lowest BCUT2D eigenvalue weighted by Crippen LogP contribution is -2.53. The second-order valence-electron chi connectivity index (χ2n) is 8.04. The Morgan fingerprint density at radius 3 is 2.32 bits per heavy atom. The van der Waals surface area contributed by atoms with Crippen molar-refractivity contribution in [2.24, 2.45) is 5.92 Å². The highest BCUT2D eigenvalue weighted by Gasteiger charge is 2.32. The van der Waals surface area contributed by atoms with E-state index in [0.717, 1.165) is 24.8 Å². The van der Waals surface area contributed by atoms with E-state index in [4.69, 9.17) is 0 Å². The number of hydrogen-bond acceptors (Lipinski definition) is 4. The van der Waals surface area contributed by atoms with Gasteiger partial charge in [-0.15, -0.1) is 0 Å². The number of benzene rings is 1. The molecule has 28 heavy (non-hydrogen) atoms. The number of carbonyl (C=O) groups is 1. The van der Waals surface area contributed by atoms with Crippen molar-refractivity contribution in [2.75, 3.05) is 39.8 Å². The molecule has 156 valence electrons. The van der Waals surface area contributed by atoms with E-state index in [9.17, 15) is 17.6 Å². The third kappa shape index (κ3) is 4.72. The predicted octanol–water partition coefficient (Wildman–Crippen LogP) is 2.17. The number of piperazine rings is 1. The van der Waals surface area contributed by atoms with Crippen LogP contribution in [0.4, 0.5) is 4.39 Å². The molecule has 1 aromatic rings. The number of carbonyl (C=O) groups excluding carboxylic acids is 1. The minimum absolute atomic E-state index is 0.0315. The topological polar surface area (TPSA) is 60.9 Å². The fraction of sp³-hybridized carbons (Fsp3) is 0.650. The molecule has 1 saturated heterocycles. The van der Waals surface area contributed by atoms with Crippen LogP contribution in [-0.2, 0) is 14.8 Å². The molecule has 6 nitrogen and oxygen atoms in total. The molecule has 0 radical (unpaired) electrons. The summed E-state index contributed by atoms with van der Waals surface area (Å²) in [5, 5.41) is 0. The molecule has 1 aliphatic heterocycles.